The van der Waals surface area contributed by atoms with Gasteiger partial charge in [-0.15, -0.1) is 0 Å². The molecule has 0 saturated heterocycles. The minimum atomic E-state index is -0.111. The van der Waals surface area contributed by atoms with Crippen LogP contribution in [-0.2, 0) is 11.3 Å². The first kappa shape index (κ1) is 12.0. The monoisotopic (exact) mass is 216 g/mol. The smallest absolute Gasteiger partial charge is 0.244 e. The molecular weight excluding hydrogens is 200 g/mol. The van der Waals surface area contributed by atoms with Crippen molar-refractivity contribution in [2.45, 2.75) is 13.5 Å². The Labute approximate surface area is 95.7 Å². The number of nitrogens with two attached hydrogens (primary N) is 1. The predicted octanol–water partition coefficient (Wildman–Crippen LogP) is 2.02. The third kappa shape index (κ3) is 4.46. The van der Waals surface area contributed by atoms with Gasteiger partial charge in [0.15, 0.2) is 0 Å². The summed E-state index contributed by atoms with van der Waals surface area (Å²) in [5, 5.41) is 2.77. The summed E-state index contributed by atoms with van der Waals surface area (Å²) < 4.78 is 0. The lowest BCUT2D eigenvalue weighted by atomic mass is 10.2. The summed E-state index contributed by atoms with van der Waals surface area (Å²) in [5.41, 5.74) is 7.33. The largest absolute Gasteiger partial charge is 0.399 e. The van der Waals surface area contributed by atoms with Gasteiger partial charge in [-0.3, -0.25) is 4.79 Å². The van der Waals surface area contributed by atoms with E-state index in [1.807, 2.05) is 37.3 Å². The van der Waals surface area contributed by atoms with Crippen molar-refractivity contribution in [2.75, 3.05) is 5.73 Å². The molecule has 1 aromatic carbocycles. The van der Waals surface area contributed by atoms with Gasteiger partial charge in [0.1, 0.15) is 0 Å². The van der Waals surface area contributed by atoms with E-state index in [2.05, 4.69) is 5.32 Å². The van der Waals surface area contributed by atoms with Crippen molar-refractivity contribution < 1.29 is 4.79 Å². The van der Waals surface area contributed by atoms with Gasteiger partial charge in [-0.2, -0.15) is 0 Å². The Morgan fingerprint density at radius 3 is 2.94 bits per heavy atom. The lowest BCUT2D eigenvalue weighted by molar-refractivity contribution is -0.116. The van der Waals surface area contributed by atoms with Gasteiger partial charge in [-0.25, -0.2) is 0 Å². The number of carbonyl (C=O) groups excluding carboxylic acids is 1. The fourth-order valence-corrected chi connectivity index (χ4v) is 1.21. The number of rotatable bonds is 4. The van der Waals surface area contributed by atoms with E-state index in [4.69, 9.17) is 5.73 Å². The minimum Gasteiger partial charge on any atom is -0.399 e. The molecule has 0 unspecified atom stereocenters. The predicted molar refractivity (Wildman–Crippen MR) is 66.7 cm³/mol. The number of hydrogen-bond donors (Lipinski definition) is 2. The SMILES string of the molecule is C/C=C/C=C/C(=O)NCc1cccc(N)c1. The van der Waals surface area contributed by atoms with Gasteiger partial charge < -0.3 is 11.1 Å². The molecule has 0 spiro atoms. The Kier molecular flexibility index (Phi) is 4.86. The molecule has 16 heavy (non-hydrogen) atoms. The van der Waals surface area contributed by atoms with E-state index in [0.717, 1.165) is 5.56 Å². The van der Waals surface area contributed by atoms with Crippen LogP contribution < -0.4 is 11.1 Å². The fraction of sp³-hybridized carbons (Fsp3) is 0.154. The maximum absolute atomic E-state index is 11.3. The number of hydrogen-bond acceptors (Lipinski definition) is 2. The lowest BCUT2D eigenvalue weighted by Crippen LogP contribution is -2.20. The van der Waals surface area contributed by atoms with Gasteiger partial charge in [0.2, 0.25) is 5.91 Å². The van der Waals surface area contributed by atoms with E-state index >= 15 is 0 Å². The first-order valence-electron chi connectivity index (χ1n) is 5.14. The summed E-state index contributed by atoms with van der Waals surface area (Å²) >= 11 is 0. The van der Waals surface area contributed by atoms with Crippen molar-refractivity contribution in [2.24, 2.45) is 0 Å². The molecule has 0 atom stereocenters. The third-order valence-corrected chi connectivity index (χ3v) is 1.97. The fourth-order valence-electron chi connectivity index (χ4n) is 1.21. The van der Waals surface area contributed by atoms with Crippen molar-refractivity contribution in [3.05, 3.63) is 54.1 Å². The summed E-state index contributed by atoms with van der Waals surface area (Å²) in [4.78, 5) is 11.3. The van der Waals surface area contributed by atoms with Crippen LogP contribution in [0.15, 0.2) is 48.6 Å². The summed E-state index contributed by atoms with van der Waals surface area (Å²) in [5.74, 6) is -0.111. The zero-order valence-corrected chi connectivity index (χ0v) is 9.31. The highest BCUT2D eigenvalue weighted by atomic mass is 16.1. The highest BCUT2D eigenvalue weighted by Crippen LogP contribution is 2.05. The Hall–Kier alpha value is -2.03. The zero-order chi connectivity index (χ0) is 11.8. The average molecular weight is 216 g/mol. The van der Waals surface area contributed by atoms with Crippen molar-refractivity contribution >= 4 is 11.6 Å². The second-order valence-electron chi connectivity index (χ2n) is 3.35. The zero-order valence-electron chi connectivity index (χ0n) is 9.31. The number of benzene rings is 1. The first-order chi connectivity index (χ1) is 7.72. The maximum atomic E-state index is 11.3. The molecule has 0 radical (unpaired) electrons. The summed E-state index contributed by atoms with van der Waals surface area (Å²) in [6.07, 6.45) is 6.86. The Bertz CT molecular complexity index is 408. The van der Waals surface area contributed by atoms with Gasteiger partial charge in [0.05, 0.1) is 0 Å². The number of nitrogens with one attached hydrogen (secondary N) is 1. The highest BCUT2D eigenvalue weighted by molar-refractivity contribution is 5.87. The van der Waals surface area contributed by atoms with Crippen LogP contribution in [0.1, 0.15) is 12.5 Å². The van der Waals surface area contributed by atoms with Crippen LogP contribution in [0.3, 0.4) is 0 Å². The lowest BCUT2D eigenvalue weighted by Gasteiger charge is -2.03. The molecule has 0 aromatic heterocycles. The Balaban J connectivity index is 2.43. The maximum Gasteiger partial charge on any atom is 0.244 e. The molecule has 3 N–H and O–H groups in total. The minimum absolute atomic E-state index is 0.111. The molecule has 0 fully saturated rings. The first-order valence-corrected chi connectivity index (χ1v) is 5.14. The van der Waals surface area contributed by atoms with Crippen LogP contribution in [0.25, 0.3) is 0 Å². The number of allylic oxidation sites excluding steroid dienone is 3. The van der Waals surface area contributed by atoms with Crippen LogP contribution in [0.4, 0.5) is 5.69 Å². The normalized spacial score (nSPS) is 11.1. The molecule has 3 heteroatoms. The van der Waals surface area contributed by atoms with Crippen LogP contribution in [-0.4, -0.2) is 5.91 Å². The molecule has 3 nitrogen and oxygen atoms in total. The standard InChI is InChI=1S/C13H16N2O/c1-2-3-4-8-13(16)15-10-11-6-5-7-12(14)9-11/h2-9H,10,14H2,1H3,(H,15,16)/b3-2+,8-4+. The van der Waals surface area contributed by atoms with Gasteiger partial charge in [-0.1, -0.05) is 30.4 Å². The van der Waals surface area contributed by atoms with Gasteiger partial charge >= 0.3 is 0 Å². The molecule has 0 bridgehead atoms. The molecule has 0 aliphatic heterocycles. The van der Waals surface area contributed by atoms with Gasteiger partial charge in [0, 0.05) is 18.3 Å². The molecular formula is C13H16N2O. The van der Waals surface area contributed by atoms with E-state index in [0.29, 0.717) is 12.2 Å². The van der Waals surface area contributed by atoms with Gasteiger partial charge in [0.25, 0.3) is 0 Å². The molecule has 0 heterocycles. The molecule has 0 saturated carbocycles. The van der Waals surface area contributed by atoms with Gasteiger partial charge in [-0.05, 0) is 24.6 Å². The molecule has 1 rings (SSSR count). The summed E-state index contributed by atoms with van der Waals surface area (Å²) in [6.45, 7) is 2.39. The van der Waals surface area contributed by atoms with Crippen LogP contribution in [0.5, 0.6) is 0 Å². The van der Waals surface area contributed by atoms with Crippen LogP contribution in [0, 0.1) is 0 Å². The van der Waals surface area contributed by atoms with E-state index in [1.165, 1.54) is 6.08 Å². The summed E-state index contributed by atoms with van der Waals surface area (Å²) in [6, 6.07) is 7.45. The van der Waals surface area contributed by atoms with Crippen molar-refractivity contribution in [1.82, 2.24) is 5.32 Å². The molecule has 84 valence electrons. The Morgan fingerprint density at radius 2 is 2.25 bits per heavy atom. The van der Waals surface area contributed by atoms with Crippen molar-refractivity contribution in [3.63, 3.8) is 0 Å². The molecule has 0 aliphatic carbocycles. The third-order valence-electron chi connectivity index (χ3n) is 1.97. The van der Waals surface area contributed by atoms with E-state index in [-0.39, 0.29) is 5.91 Å². The van der Waals surface area contributed by atoms with E-state index in [1.54, 1.807) is 12.2 Å². The average Bonchev–Trinajstić information content (AvgIpc) is 2.27. The van der Waals surface area contributed by atoms with Crippen LogP contribution >= 0.6 is 0 Å². The number of carbonyl (C=O) groups is 1. The van der Waals surface area contributed by atoms with Crippen molar-refractivity contribution in [3.8, 4) is 0 Å². The van der Waals surface area contributed by atoms with E-state index < -0.39 is 0 Å². The second kappa shape index (κ2) is 6.45. The highest BCUT2D eigenvalue weighted by Gasteiger charge is 1.96. The topological polar surface area (TPSA) is 55.1 Å². The number of nitrogen functional groups attached to an aromatic ring is 1. The van der Waals surface area contributed by atoms with E-state index in [9.17, 15) is 4.79 Å². The second-order valence-corrected chi connectivity index (χ2v) is 3.35. The molecule has 1 amide bonds. The molecule has 1 aromatic rings. The number of amides is 1. The molecule has 0 aliphatic rings. The number of anilines is 1. The quantitative estimate of drug-likeness (QED) is 0.459. The Morgan fingerprint density at radius 1 is 1.44 bits per heavy atom. The van der Waals surface area contributed by atoms with Crippen molar-refractivity contribution in [1.29, 1.82) is 0 Å². The van der Waals surface area contributed by atoms with Crippen LogP contribution in [0.2, 0.25) is 0 Å². The summed E-state index contributed by atoms with van der Waals surface area (Å²) in [7, 11) is 0.